The Hall–Kier alpha value is -2.83. The maximum absolute atomic E-state index is 12.6. The second-order valence-corrected chi connectivity index (χ2v) is 6.43. The van der Waals surface area contributed by atoms with Crippen molar-refractivity contribution >= 4 is 17.5 Å². The van der Waals surface area contributed by atoms with E-state index >= 15 is 0 Å². The largest absolute Gasteiger partial charge is 0.495 e. The molecular weight excluding hydrogens is 344 g/mol. The number of ether oxygens (including phenoxy) is 1. The molecule has 0 aliphatic carbocycles. The molecule has 0 radical (unpaired) electrons. The fraction of sp³-hybridized carbons (Fsp3) is 0.450. The van der Waals surface area contributed by atoms with Gasteiger partial charge in [0.15, 0.2) is 0 Å². The van der Waals surface area contributed by atoms with Gasteiger partial charge in [-0.15, -0.1) is 0 Å². The summed E-state index contributed by atoms with van der Waals surface area (Å²) < 4.78 is 7.06. The van der Waals surface area contributed by atoms with Crippen LogP contribution in [0.25, 0.3) is 0 Å². The van der Waals surface area contributed by atoms with Crippen molar-refractivity contribution in [2.45, 2.75) is 33.6 Å². The van der Waals surface area contributed by atoms with Crippen molar-refractivity contribution in [3.63, 3.8) is 0 Å². The third-order valence-corrected chi connectivity index (χ3v) is 4.70. The summed E-state index contributed by atoms with van der Waals surface area (Å²) in [5.74, 6) is 0.293. The number of rotatable bonds is 8. The standard InChI is InChI=1S/C20H28N4O3/c1-6-24(13-19(25)21-17-9-7-8-10-18(17)27-5)20(26)12-11-16-14(2)22-23(4)15(16)3/h7-10H,6,11-13H2,1-5H3,(H,21,25). The molecule has 0 aliphatic rings. The van der Waals surface area contributed by atoms with Crippen LogP contribution >= 0.6 is 0 Å². The van der Waals surface area contributed by atoms with E-state index in [4.69, 9.17) is 4.74 Å². The van der Waals surface area contributed by atoms with Crippen LogP contribution < -0.4 is 10.1 Å². The average Bonchev–Trinajstić information content (AvgIpc) is 2.89. The fourth-order valence-corrected chi connectivity index (χ4v) is 3.06. The molecule has 0 saturated heterocycles. The molecule has 0 spiro atoms. The molecule has 1 heterocycles. The predicted octanol–water partition coefficient (Wildman–Crippen LogP) is 2.47. The number of methoxy groups -OCH3 is 1. The number of hydrogen-bond acceptors (Lipinski definition) is 4. The van der Waals surface area contributed by atoms with E-state index in [-0.39, 0.29) is 18.4 Å². The Kier molecular flexibility index (Phi) is 6.98. The van der Waals surface area contributed by atoms with Gasteiger partial charge in [-0.2, -0.15) is 5.10 Å². The summed E-state index contributed by atoms with van der Waals surface area (Å²) in [6, 6.07) is 7.19. The van der Waals surface area contributed by atoms with E-state index < -0.39 is 0 Å². The molecule has 1 aromatic heterocycles. The summed E-state index contributed by atoms with van der Waals surface area (Å²) in [6.07, 6.45) is 0.970. The number of carbonyl (C=O) groups is 2. The van der Waals surface area contributed by atoms with E-state index in [0.717, 1.165) is 17.0 Å². The van der Waals surface area contributed by atoms with Gasteiger partial charge in [-0.05, 0) is 44.9 Å². The lowest BCUT2D eigenvalue weighted by molar-refractivity contribution is -0.134. The molecule has 0 unspecified atom stereocenters. The topological polar surface area (TPSA) is 76.5 Å². The fourth-order valence-electron chi connectivity index (χ4n) is 3.06. The Morgan fingerprint density at radius 3 is 2.56 bits per heavy atom. The number of aryl methyl sites for hydroxylation is 2. The summed E-state index contributed by atoms with van der Waals surface area (Å²) in [6.45, 7) is 6.31. The van der Waals surface area contributed by atoms with E-state index in [1.165, 1.54) is 0 Å². The van der Waals surface area contributed by atoms with Crippen molar-refractivity contribution in [2.24, 2.45) is 7.05 Å². The van der Waals surface area contributed by atoms with Crippen molar-refractivity contribution in [2.75, 3.05) is 25.5 Å². The molecular formula is C20H28N4O3. The minimum Gasteiger partial charge on any atom is -0.495 e. The summed E-state index contributed by atoms with van der Waals surface area (Å²) in [4.78, 5) is 26.5. The molecule has 0 saturated carbocycles. The van der Waals surface area contributed by atoms with Gasteiger partial charge in [0.05, 0.1) is 25.0 Å². The number of benzene rings is 1. The number of nitrogens with zero attached hydrogens (tertiary/aromatic N) is 3. The number of hydrogen-bond donors (Lipinski definition) is 1. The third-order valence-electron chi connectivity index (χ3n) is 4.70. The van der Waals surface area contributed by atoms with Crippen LogP contribution in [0.4, 0.5) is 5.69 Å². The van der Waals surface area contributed by atoms with E-state index in [9.17, 15) is 9.59 Å². The van der Waals surface area contributed by atoms with E-state index in [1.807, 2.05) is 44.6 Å². The lowest BCUT2D eigenvalue weighted by Crippen LogP contribution is -2.38. The van der Waals surface area contributed by atoms with Crippen LogP contribution in [0.2, 0.25) is 0 Å². The molecule has 2 amide bonds. The first-order valence-corrected chi connectivity index (χ1v) is 9.07. The van der Waals surface area contributed by atoms with E-state index in [0.29, 0.717) is 30.8 Å². The van der Waals surface area contributed by atoms with Crippen molar-refractivity contribution in [1.82, 2.24) is 14.7 Å². The molecule has 2 aromatic rings. The van der Waals surface area contributed by atoms with Crippen LogP contribution in [0, 0.1) is 13.8 Å². The number of carbonyl (C=O) groups excluding carboxylic acids is 2. The van der Waals surface area contributed by atoms with Gasteiger partial charge in [-0.1, -0.05) is 12.1 Å². The summed E-state index contributed by atoms with van der Waals surface area (Å²) in [5, 5.41) is 7.19. The number of para-hydroxylation sites is 2. The van der Waals surface area contributed by atoms with Gasteiger partial charge in [-0.25, -0.2) is 0 Å². The van der Waals surface area contributed by atoms with Gasteiger partial charge < -0.3 is 15.0 Å². The summed E-state index contributed by atoms with van der Waals surface area (Å²) in [5.41, 5.74) is 3.70. The maximum atomic E-state index is 12.6. The average molecular weight is 372 g/mol. The van der Waals surface area contributed by atoms with Crippen molar-refractivity contribution in [3.05, 3.63) is 41.2 Å². The highest BCUT2D eigenvalue weighted by molar-refractivity contribution is 5.95. The molecule has 0 bridgehead atoms. The van der Waals surface area contributed by atoms with Crippen LogP contribution in [-0.4, -0.2) is 46.7 Å². The first-order valence-electron chi connectivity index (χ1n) is 9.07. The van der Waals surface area contributed by atoms with Crippen molar-refractivity contribution in [1.29, 1.82) is 0 Å². The first kappa shape index (κ1) is 20.5. The molecule has 0 fully saturated rings. The Labute approximate surface area is 160 Å². The molecule has 0 atom stereocenters. The van der Waals surface area contributed by atoms with Gasteiger partial charge in [0.25, 0.3) is 0 Å². The van der Waals surface area contributed by atoms with E-state index in [1.54, 1.807) is 24.1 Å². The minimum absolute atomic E-state index is 0.0123. The zero-order valence-corrected chi connectivity index (χ0v) is 16.7. The Morgan fingerprint density at radius 1 is 1.26 bits per heavy atom. The number of anilines is 1. The minimum atomic E-state index is -0.247. The second kappa shape index (κ2) is 9.21. The number of amides is 2. The van der Waals surface area contributed by atoms with Gasteiger partial charge in [0, 0.05) is 25.7 Å². The Bertz CT molecular complexity index is 814. The van der Waals surface area contributed by atoms with Crippen LogP contribution in [0.1, 0.15) is 30.3 Å². The zero-order chi connectivity index (χ0) is 20.0. The third kappa shape index (κ3) is 5.09. The number of likely N-dealkylation sites (N-methyl/N-ethyl adjacent to an activating group) is 1. The molecule has 146 valence electrons. The van der Waals surface area contributed by atoms with Crippen LogP contribution in [-0.2, 0) is 23.1 Å². The lowest BCUT2D eigenvalue weighted by Gasteiger charge is -2.21. The number of nitrogens with one attached hydrogen (secondary N) is 1. The molecule has 0 aliphatic heterocycles. The highest BCUT2D eigenvalue weighted by Crippen LogP contribution is 2.23. The SMILES string of the molecule is CCN(CC(=O)Nc1ccccc1OC)C(=O)CCc1c(C)nn(C)c1C. The number of aromatic nitrogens is 2. The molecule has 7 heteroatoms. The van der Waals surface area contributed by atoms with Crippen LogP contribution in [0.5, 0.6) is 5.75 Å². The molecule has 27 heavy (non-hydrogen) atoms. The highest BCUT2D eigenvalue weighted by atomic mass is 16.5. The van der Waals surface area contributed by atoms with Crippen molar-refractivity contribution < 1.29 is 14.3 Å². The van der Waals surface area contributed by atoms with Crippen molar-refractivity contribution in [3.8, 4) is 5.75 Å². The van der Waals surface area contributed by atoms with Crippen LogP contribution in [0.15, 0.2) is 24.3 Å². The van der Waals surface area contributed by atoms with Gasteiger partial charge in [0.1, 0.15) is 5.75 Å². The second-order valence-electron chi connectivity index (χ2n) is 6.43. The quantitative estimate of drug-likeness (QED) is 0.772. The summed E-state index contributed by atoms with van der Waals surface area (Å²) >= 11 is 0. The van der Waals surface area contributed by atoms with Gasteiger partial charge >= 0.3 is 0 Å². The monoisotopic (exact) mass is 372 g/mol. The maximum Gasteiger partial charge on any atom is 0.244 e. The normalized spacial score (nSPS) is 10.6. The highest BCUT2D eigenvalue weighted by Gasteiger charge is 2.18. The predicted molar refractivity (Wildman–Crippen MR) is 105 cm³/mol. The Balaban J connectivity index is 1.95. The Morgan fingerprint density at radius 2 is 1.96 bits per heavy atom. The van der Waals surface area contributed by atoms with E-state index in [2.05, 4.69) is 10.4 Å². The molecule has 1 N–H and O–H groups in total. The molecule has 7 nitrogen and oxygen atoms in total. The van der Waals surface area contributed by atoms with Crippen LogP contribution in [0.3, 0.4) is 0 Å². The zero-order valence-electron chi connectivity index (χ0n) is 16.7. The lowest BCUT2D eigenvalue weighted by atomic mass is 10.1. The molecule has 1 aromatic carbocycles. The smallest absolute Gasteiger partial charge is 0.244 e. The summed E-state index contributed by atoms with van der Waals surface area (Å²) in [7, 11) is 3.45. The first-order chi connectivity index (χ1) is 12.9. The molecule has 2 rings (SSSR count). The van der Waals surface area contributed by atoms with Gasteiger partial charge in [0.2, 0.25) is 11.8 Å². The van der Waals surface area contributed by atoms with Gasteiger partial charge in [-0.3, -0.25) is 14.3 Å².